The van der Waals surface area contributed by atoms with Crippen molar-refractivity contribution in [2.45, 2.75) is 0 Å². The van der Waals surface area contributed by atoms with Gasteiger partial charge >= 0.3 is 0 Å². The highest BCUT2D eigenvalue weighted by Gasteiger charge is 2.11. The lowest BCUT2D eigenvalue weighted by Crippen LogP contribution is -2.13. The molecule has 2 aromatic rings. The first-order valence-electron chi connectivity index (χ1n) is 4.72. The molecule has 0 radical (unpaired) electrons. The molecule has 0 fully saturated rings. The number of aromatic hydroxyl groups is 1. The molecular weight excluding hydrogens is 242 g/mol. The van der Waals surface area contributed by atoms with E-state index in [-0.39, 0.29) is 11.3 Å². The molecule has 2 rings (SSSR count). The van der Waals surface area contributed by atoms with Crippen LogP contribution in [-0.4, -0.2) is 21.0 Å². The fraction of sp³-hybridized carbons (Fsp3) is 0. The number of benzene rings is 1. The molecule has 0 spiro atoms. The number of anilines is 1. The molecule has 86 valence electrons. The number of aromatic nitrogens is 2. The van der Waals surface area contributed by atoms with E-state index in [0.717, 1.165) is 0 Å². The maximum absolute atomic E-state index is 11.8. The van der Waals surface area contributed by atoms with Gasteiger partial charge in [0.1, 0.15) is 5.75 Å². The van der Waals surface area contributed by atoms with E-state index < -0.39 is 5.91 Å². The molecule has 0 saturated heterocycles. The highest BCUT2D eigenvalue weighted by molar-refractivity contribution is 6.30. The van der Waals surface area contributed by atoms with E-state index in [9.17, 15) is 9.90 Å². The van der Waals surface area contributed by atoms with Crippen LogP contribution >= 0.6 is 11.6 Å². The van der Waals surface area contributed by atoms with Gasteiger partial charge < -0.3 is 10.4 Å². The van der Waals surface area contributed by atoms with Gasteiger partial charge in [-0.15, -0.1) is 0 Å². The van der Waals surface area contributed by atoms with Crippen LogP contribution in [0.1, 0.15) is 10.4 Å². The Morgan fingerprint density at radius 2 is 2.18 bits per heavy atom. The van der Waals surface area contributed by atoms with Crippen molar-refractivity contribution in [3.05, 3.63) is 47.4 Å². The first-order valence-corrected chi connectivity index (χ1v) is 5.10. The third-order valence-electron chi connectivity index (χ3n) is 2.01. The first kappa shape index (κ1) is 11.3. The van der Waals surface area contributed by atoms with E-state index >= 15 is 0 Å². The van der Waals surface area contributed by atoms with Gasteiger partial charge in [-0.2, -0.15) is 0 Å². The van der Waals surface area contributed by atoms with Crippen molar-refractivity contribution in [2.75, 3.05) is 5.32 Å². The van der Waals surface area contributed by atoms with E-state index in [1.165, 1.54) is 36.8 Å². The summed E-state index contributed by atoms with van der Waals surface area (Å²) in [7, 11) is 0. The molecular formula is C11H8ClN3O2. The van der Waals surface area contributed by atoms with Crippen molar-refractivity contribution >= 4 is 23.3 Å². The highest BCUT2D eigenvalue weighted by Crippen LogP contribution is 2.22. The summed E-state index contributed by atoms with van der Waals surface area (Å²) in [6, 6.07) is 4.25. The Balaban J connectivity index is 2.21. The molecule has 1 aromatic heterocycles. The molecule has 1 amide bonds. The summed E-state index contributed by atoms with van der Waals surface area (Å²) in [6.07, 6.45) is 4.36. The van der Waals surface area contributed by atoms with Crippen LogP contribution < -0.4 is 5.32 Å². The van der Waals surface area contributed by atoms with Gasteiger partial charge in [0.05, 0.1) is 11.8 Å². The van der Waals surface area contributed by atoms with Crippen LogP contribution in [0.4, 0.5) is 5.82 Å². The molecule has 2 N–H and O–H groups in total. The van der Waals surface area contributed by atoms with Crippen molar-refractivity contribution < 1.29 is 9.90 Å². The number of nitrogens with one attached hydrogen (secondary N) is 1. The maximum Gasteiger partial charge on any atom is 0.260 e. The molecule has 0 saturated carbocycles. The zero-order valence-corrected chi connectivity index (χ0v) is 9.35. The third kappa shape index (κ3) is 2.70. The Bertz CT molecular complexity index is 546. The molecule has 0 bridgehead atoms. The van der Waals surface area contributed by atoms with Gasteiger partial charge in [-0.3, -0.25) is 9.78 Å². The van der Waals surface area contributed by atoms with Crippen molar-refractivity contribution in [3.8, 4) is 5.75 Å². The van der Waals surface area contributed by atoms with Gasteiger partial charge in [0.15, 0.2) is 5.82 Å². The standard InChI is InChI=1S/C11H8ClN3O2/c12-7-1-2-8(9(16)5-7)11(17)15-10-6-13-3-4-14-10/h1-6,16H,(H,14,15,17). The molecule has 17 heavy (non-hydrogen) atoms. The van der Waals surface area contributed by atoms with Crippen molar-refractivity contribution in [1.29, 1.82) is 0 Å². The summed E-state index contributed by atoms with van der Waals surface area (Å²) < 4.78 is 0. The van der Waals surface area contributed by atoms with Gasteiger partial charge in [-0.05, 0) is 18.2 Å². The van der Waals surface area contributed by atoms with Crippen molar-refractivity contribution in [2.24, 2.45) is 0 Å². The van der Waals surface area contributed by atoms with Crippen LogP contribution in [0.5, 0.6) is 5.75 Å². The number of hydrogen-bond donors (Lipinski definition) is 2. The van der Waals surface area contributed by atoms with Crippen LogP contribution in [0.15, 0.2) is 36.8 Å². The minimum atomic E-state index is -0.473. The minimum absolute atomic E-state index is 0.125. The number of nitrogens with zero attached hydrogens (tertiary/aromatic N) is 2. The molecule has 0 atom stereocenters. The average Bonchev–Trinajstić information content (AvgIpc) is 2.30. The van der Waals surface area contributed by atoms with Crippen LogP contribution in [0.25, 0.3) is 0 Å². The third-order valence-corrected chi connectivity index (χ3v) is 2.24. The van der Waals surface area contributed by atoms with E-state index in [1.807, 2.05) is 0 Å². The van der Waals surface area contributed by atoms with Crippen LogP contribution in [0.3, 0.4) is 0 Å². The Morgan fingerprint density at radius 1 is 1.35 bits per heavy atom. The molecule has 0 aliphatic carbocycles. The molecule has 1 aromatic carbocycles. The van der Waals surface area contributed by atoms with Gasteiger partial charge in [0.25, 0.3) is 5.91 Å². The number of carbonyl (C=O) groups excluding carboxylic acids is 1. The molecule has 1 heterocycles. The van der Waals surface area contributed by atoms with Gasteiger partial charge in [-0.25, -0.2) is 4.98 Å². The summed E-state index contributed by atoms with van der Waals surface area (Å²) in [5.41, 5.74) is 0.125. The van der Waals surface area contributed by atoms with Crippen LogP contribution in [0, 0.1) is 0 Å². The predicted molar refractivity (Wildman–Crippen MR) is 63.1 cm³/mol. The topological polar surface area (TPSA) is 75.1 Å². The summed E-state index contributed by atoms with van der Waals surface area (Å²) in [5.74, 6) is -0.342. The van der Waals surface area contributed by atoms with Gasteiger partial charge in [-0.1, -0.05) is 11.6 Å². The quantitative estimate of drug-likeness (QED) is 0.855. The second-order valence-corrected chi connectivity index (χ2v) is 3.64. The highest BCUT2D eigenvalue weighted by atomic mass is 35.5. The number of rotatable bonds is 2. The van der Waals surface area contributed by atoms with Crippen LogP contribution in [0.2, 0.25) is 5.02 Å². The lowest BCUT2D eigenvalue weighted by molar-refractivity contribution is 0.102. The fourth-order valence-electron chi connectivity index (χ4n) is 1.24. The second kappa shape index (κ2) is 4.80. The summed E-state index contributed by atoms with van der Waals surface area (Å²) in [6.45, 7) is 0. The Kier molecular flexibility index (Phi) is 3.20. The fourth-order valence-corrected chi connectivity index (χ4v) is 1.41. The average molecular weight is 250 g/mol. The van der Waals surface area contributed by atoms with Crippen molar-refractivity contribution in [1.82, 2.24) is 9.97 Å². The second-order valence-electron chi connectivity index (χ2n) is 3.21. The lowest BCUT2D eigenvalue weighted by atomic mass is 10.2. The van der Waals surface area contributed by atoms with Crippen molar-refractivity contribution in [3.63, 3.8) is 0 Å². The molecule has 5 nitrogen and oxygen atoms in total. The smallest absolute Gasteiger partial charge is 0.260 e. The Hall–Kier alpha value is -2.14. The predicted octanol–water partition coefficient (Wildman–Crippen LogP) is 2.09. The number of halogens is 1. The summed E-state index contributed by atoms with van der Waals surface area (Å²) in [5, 5.41) is 12.4. The van der Waals surface area contributed by atoms with E-state index in [2.05, 4.69) is 15.3 Å². The van der Waals surface area contributed by atoms with Gasteiger partial charge in [0, 0.05) is 17.4 Å². The normalized spacial score (nSPS) is 9.94. The Labute approximate surface area is 102 Å². The zero-order valence-electron chi connectivity index (χ0n) is 8.59. The first-order chi connectivity index (χ1) is 8.16. The van der Waals surface area contributed by atoms with Crippen LogP contribution in [-0.2, 0) is 0 Å². The Morgan fingerprint density at radius 3 is 2.82 bits per heavy atom. The van der Waals surface area contributed by atoms with Gasteiger partial charge in [0.2, 0.25) is 0 Å². The van der Waals surface area contributed by atoms with E-state index in [1.54, 1.807) is 0 Å². The molecule has 0 aliphatic heterocycles. The monoisotopic (exact) mass is 249 g/mol. The number of phenols is 1. The number of phenolic OH excluding ortho intramolecular Hbond substituents is 1. The summed E-state index contributed by atoms with van der Waals surface area (Å²) in [4.78, 5) is 19.5. The van der Waals surface area contributed by atoms with E-state index in [4.69, 9.17) is 11.6 Å². The lowest BCUT2D eigenvalue weighted by Gasteiger charge is -2.05. The minimum Gasteiger partial charge on any atom is -0.507 e. The zero-order chi connectivity index (χ0) is 12.3. The number of amides is 1. The number of carbonyl (C=O) groups is 1. The molecule has 6 heteroatoms. The summed E-state index contributed by atoms with van der Waals surface area (Å²) >= 11 is 5.67. The van der Waals surface area contributed by atoms with E-state index in [0.29, 0.717) is 10.8 Å². The molecule has 0 unspecified atom stereocenters. The molecule has 0 aliphatic rings. The SMILES string of the molecule is O=C(Nc1cnccn1)c1ccc(Cl)cc1O. The maximum atomic E-state index is 11.8. The largest absolute Gasteiger partial charge is 0.507 e. The number of hydrogen-bond acceptors (Lipinski definition) is 4.